The van der Waals surface area contributed by atoms with E-state index in [1.807, 2.05) is 55.3 Å². The number of aromatic amines is 1. The molecule has 0 radical (unpaired) electrons. The van der Waals surface area contributed by atoms with Gasteiger partial charge >= 0.3 is 12.1 Å². The molecule has 2 aliphatic rings. The smallest absolute Gasteiger partial charge is 0.475 e. The third-order valence-electron chi connectivity index (χ3n) is 7.70. The van der Waals surface area contributed by atoms with Crippen LogP contribution in [-0.4, -0.2) is 52.7 Å². The molecule has 1 saturated heterocycles. The van der Waals surface area contributed by atoms with Crippen molar-refractivity contribution in [3.8, 4) is 11.8 Å². The van der Waals surface area contributed by atoms with Crippen LogP contribution in [0.1, 0.15) is 72.9 Å². The zero-order valence-electron chi connectivity index (χ0n) is 23.4. The Kier molecular flexibility index (Phi) is 10.1. The monoisotopic (exact) mass is 571 g/mol. The first-order chi connectivity index (χ1) is 19.3. The van der Waals surface area contributed by atoms with E-state index in [0.29, 0.717) is 51.6 Å². The average Bonchev–Trinajstić information content (AvgIpc) is 2.89. The highest BCUT2D eigenvalue weighted by molar-refractivity contribution is 6.10. The summed E-state index contributed by atoms with van der Waals surface area (Å²) in [4.78, 5) is 53.4. The molecule has 1 spiro atoms. The molecular weight excluding hydrogens is 537 g/mol. The van der Waals surface area contributed by atoms with Gasteiger partial charge in [-0.1, -0.05) is 12.0 Å². The zero-order valence-corrected chi connectivity index (χ0v) is 23.4. The Morgan fingerprint density at radius 1 is 1.07 bits per heavy atom. The summed E-state index contributed by atoms with van der Waals surface area (Å²) >= 11 is 0. The number of carbonyl (C=O) groups is 4. The number of H-pyrrole nitrogens is 1. The van der Waals surface area contributed by atoms with Crippen LogP contribution >= 0.6 is 0 Å². The number of pyridine rings is 1. The van der Waals surface area contributed by atoms with E-state index in [0.717, 1.165) is 27.9 Å². The van der Waals surface area contributed by atoms with E-state index < -0.39 is 18.1 Å². The number of likely N-dealkylation sites (tertiary alicyclic amines) is 1. The third-order valence-corrected chi connectivity index (χ3v) is 7.70. The Morgan fingerprint density at radius 3 is 2.10 bits per heavy atom. The molecule has 2 N–H and O–H groups in total. The predicted octanol–water partition coefficient (Wildman–Crippen LogP) is 4.38. The summed E-state index contributed by atoms with van der Waals surface area (Å²) in [7, 11) is 0. The van der Waals surface area contributed by atoms with Crippen molar-refractivity contribution in [1.82, 2.24) is 4.90 Å². The molecule has 1 amide bonds. The molecule has 2 aromatic rings. The number of amides is 1. The molecule has 1 aliphatic carbocycles. The Bertz CT molecular complexity index is 1320. The first-order valence-corrected chi connectivity index (χ1v) is 13.4. The van der Waals surface area contributed by atoms with Crippen molar-refractivity contribution in [3.63, 3.8) is 0 Å². The lowest BCUT2D eigenvalue weighted by atomic mass is 9.62. The second kappa shape index (κ2) is 13.1. The van der Waals surface area contributed by atoms with Crippen molar-refractivity contribution in [2.24, 2.45) is 5.41 Å². The number of aromatic nitrogens is 1. The molecule has 1 saturated carbocycles. The Morgan fingerprint density at radius 2 is 1.63 bits per heavy atom. The van der Waals surface area contributed by atoms with E-state index in [4.69, 9.17) is 9.90 Å². The fourth-order valence-electron chi connectivity index (χ4n) is 5.72. The SMILES string of the molecule is CC#Cc1cc(C)c(C2C(=O)CC3(CCN(C(=O)CCc4cccc[nH+]4)CC3)CC2=O)c(C)c1.O=C(O)C(F)(F)F. The molecule has 0 atom stereocenters. The molecule has 1 aromatic carbocycles. The molecule has 41 heavy (non-hydrogen) atoms. The molecule has 4 rings (SSSR count). The molecule has 1 aliphatic heterocycles. The second-order valence-electron chi connectivity index (χ2n) is 10.7. The molecule has 0 bridgehead atoms. The van der Waals surface area contributed by atoms with E-state index >= 15 is 0 Å². The molecule has 218 valence electrons. The number of carboxylic acid groups (broad SMARTS) is 1. The lowest BCUT2D eigenvalue weighted by Gasteiger charge is -2.44. The fraction of sp³-hybridized carbons (Fsp3) is 0.452. The van der Waals surface area contributed by atoms with Gasteiger partial charge in [-0.05, 0) is 67.9 Å². The number of alkyl halides is 3. The molecule has 10 heteroatoms. The zero-order chi connectivity index (χ0) is 30.4. The lowest BCUT2D eigenvalue weighted by molar-refractivity contribution is -0.390. The average molecular weight is 572 g/mol. The van der Waals surface area contributed by atoms with Crippen LogP contribution in [0, 0.1) is 31.1 Å². The highest BCUT2D eigenvalue weighted by Crippen LogP contribution is 2.46. The minimum Gasteiger partial charge on any atom is -0.475 e. The molecular formula is C31H34F3N2O5+. The van der Waals surface area contributed by atoms with Gasteiger partial charge < -0.3 is 10.0 Å². The van der Waals surface area contributed by atoms with Gasteiger partial charge in [-0.25, -0.2) is 9.78 Å². The van der Waals surface area contributed by atoms with Crippen molar-refractivity contribution < 1.29 is 42.4 Å². The summed E-state index contributed by atoms with van der Waals surface area (Å²) < 4.78 is 31.7. The number of carbonyl (C=O) groups excluding carboxylic acids is 3. The minimum atomic E-state index is -5.08. The van der Waals surface area contributed by atoms with Gasteiger partial charge in [0.1, 0.15) is 17.5 Å². The third kappa shape index (κ3) is 8.03. The maximum atomic E-state index is 13.3. The van der Waals surface area contributed by atoms with Gasteiger partial charge in [0.25, 0.3) is 0 Å². The van der Waals surface area contributed by atoms with Gasteiger partial charge in [0.15, 0.2) is 11.9 Å². The van der Waals surface area contributed by atoms with Crippen molar-refractivity contribution in [3.05, 3.63) is 64.5 Å². The molecule has 2 heterocycles. The second-order valence-corrected chi connectivity index (χ2v) is 10.7. The number of nitrogens with one attached hydrogen (secondary N) is 1. The van der Waals surface area contributed by atoms with E-state index in [9.17, 15) is 27.6 Å². The van der Waals surface area contributed by atoms with Gasteiger partial charge in [0.2, 0.25) is 5.91 Å². The number of rotatable bonds is 4. The Balaban J connectivity index is 0.000000587. The number of aliphatic carboxylic acids is 1. The maximum absolute atomic E-state index is 13.3. The quantitative estimate of drug-likeness (QED) is 0.433. The van der Waals surface area contributed by atoms with Crippen LogP contribution in [0.5, 0.6) is 0 Å². The summed E-state index contributed by atoms with van der Waals surface area (Å²) in [6.07, 6.45) is 0.184. The highest BCUT2D eigenvalue weighted by Gasteiger charge is 2.47. The summed E-state index contributed by atoms with van der Waals surface area (Å²) in [5, 5.41) is 7.12. The van der Waals surface area contributed by atoms with Gasteiger partial charge in [-0.3, -0.25) is 14.4 Å². The predicted molar refractivity (Wildman–Crippen MR) is 144 cm³/mol. The Hall–Kier alpha value is -4.00. The number of hydrogen-bond acceptors (Lipinski definition) is 4. The summed E-state index contributed by atoms with van der Waals surface area (Å²) in [5.41, 5.74) is 4.42. The van der Waals surface area contributed by atoms with Crippen LogP contribution in [-0.2, 0) is 25.6 Å². The van der Waals surface area contributed by atoms with E-state index in [1.54, 1.807) is 6.92 Å². The number of nitrogens with zero attached hydrogens (tertiary/aromatic N) is 1. The van der Waals surface area contributed by atoms with Gasteiger partial charge in [0.05, 0.1) is 0 Å². The number of halogens is 3. The normalized spacial score (nSPS) is 16.9. The molecule has 7 nitrogen and oxygen atoms in total. The first kappa shape index (κ1) is 31.5. The number of hydrogen-bond donors (Lipinski definition) is 1. The van der Waals surface area contributed by atoms with E-state index in [1.165, 1.54) is 0 Å². The number of aryl methyl sites for hydroxylation is 3. The minimum absolute atomic E-state index is 0.0242. The van der Waals surface area contributed by atoms with Crippen LogP contribution in [0.2, 0.25) is 0 Å². The van der Waals surface area contributed by atoms with E-state index in [-0.39, 0.29) is 22.9 Å². The summed E-state index contributed by atoms with van der Waals surface area (Å²) in [6.45, 7) is 6.96. The van der Waals surface area contributed by atoms with Crippen molar-refractivity contribution >= 4 is 23.4 Å². The van der Waals surface area contributed by atoms with Gasteiger partial charge in [0, 0.05) is 56.5 Å². The van der Waals surface area contributed by atoms with Crippen LogP contribution in [0.25, 0.3) is 0 Å². The van der Waals surface area contributed by atoms with Crippen LogP contribution in [0.3, 0.4) is 0 Å². The molecule has 2 fully saturated rings. The molecule has 1 aromatic heterocycles. The van der Waals surface area contributed by atoms with Crippen molar-refractivity contribution in [2.75, 3.05) is 13.1 Å². The standard InChI is InChI=1S/C29H32N2O3.C2HF3O2/c1-4-7-22-16-20(2)27(21(3)17-22)28-24(32)18-29(19-25(28)33)11-14-31(15-12-29)26(34)10-9-23-8-5-6-13-30-23;3-2(4,5)1(6)7/h5-6,8,13,16-17,28H,9-12,14-15,18-19H2,1-3H3;(H,6,7)/p+1. The number of benzene rings is 1. The number of carboxylic acids is 1. The molecule has 0 unspecified atom stereocenters. The van der Waals surface area contributed by atoms with Crippen molar-refractivity contribution in [1.29, 1.82) is 0 Å². The van der Waals surface area contributed by atoms with Gasteiger partial charge in [-0.15, -0.1) is 5.92 Å². The lowest BCUT2D eigenvalue weighted by Crippen LogP contribution is -2.48. The van der Waals surface area contributed by atoms with Crippen LogP contribution in [0.4, 0.5) is 13.2 Å². The topological polar surface area (TPSA) is 106 Å². The fourth-order valence-corrected chi connectivity index (χ4v) is 5.72. The maximum Gasteiger partial charge on any atom is 0.490 e. The highest BCUT2D eigenvalue weighted by atomic mass is 19.4. The summed E-state index contributed by atoms with van der Waals surface area (Å²) in [5.74, 6) is 2.73. The van der Waals surface area contributed by atoms with Gasteiger partial charge in [-0.2, -0.15) is 13.2 Å². The largest absolute Gasteiger partial charge is 0.490 e. The first-order valence-electron chi connectivity index (χ1n) is 13.4. The number of piperidine rings is 1. The van der Waals surface area contributed by atoms with E-state index in [2.05, 4.69) is 16.8 Å². The van der Waals surface area contributed by atoms with Crippen molar-refractivity contribution in [2.45, 2.75) is 71.4 Å². The van der Waals surface area contributed by atoms with Crippen LogP contribution in [0.15, 0.2) is 36.5 Å². The number of ketones is 2. The Labute approximate surface area is 237 Å². The summed E-state index contributed by atoms with van der Waals surface area (Å²) in [6, 6.07) is 9.82. The number of Topliss-reactive ketones (excluding diaryl/α,β-unsaturated/α-hetero) is 2. The van der Waals surface area contributed by atoms with Crippen LogP contribution < -0.4 is 4.98 Å².